The molecule has 0 aromatic heterocycles. The lowest BCUT2D eigenvalue weighted by molar-refractivity contribution is -0.105. The predicted molar refractivity (Wildman–Crippen MR) is 78.9 cm³/mol. The van der Waals surface area contributed by atoms with E-state index in [-0.39, 0.29) is 23.3 Å². The summed E-state index contributed by atoms with van der Waals surface area (Å²) in [7, 11) is 0. The van der Waals surface area contributed by atoms with Crippen molar-refractivity contribution in [3.63, 3.8) is 0 Å². The molecule has 118 valence electrons. The number of hydrogen-bond donors (Lipinski definition) is 1. The molecule has 0 saturated heterocycles. The van der Waals surface area contributed by atoms with E-state index >= 15 is 0 Å². The van der Waals surface area contributed by atoms with Crippen molar-refractivity contribution in [2.24, 2.45) is 16.6 Å². The first-order valence-corrected chi connectivity index (χ1v) is 6.86. The topological polar surface area (TPSA) is 132 Å². The number of benzene rings is 1. The average molecular weight is 322 g/mol. The maximum atomic E-state index is 13.0. The number of rotatable bonds is 4. The highest BCUT2D eigenvalue weighted by Crippen LogP contribution is 2.55. The monoisotopic (exact) mass is 322 g/mol. The molecule has 0 aliphatic heterocycles. The Morgan fingerprint density at radius 2 is 1.79 bits per heavy atom. The first-order chi connectivity index (χ1) is 11.4. The second-order valence-corrected chi connectivity index (χ2v) is 5.49. The van der Waals surface area contributed by atoms with Crippen molar-refractivity contribution in [3.8, 4) is 18.2 Å². The van der Waals surface area contributed by atoms with Crippen molar-refractivity contribution < 1.29 is 14.0 Å². The number of halogens is 1. The molecule has 1 aromatic rings. The molecule has 7 heteroatoms. The zero-order valence-corrected chi connectivity index (χ0v) is 12.4. The highest BCUT2D eigenvalue weighted by molar-refractivity contribution is 5.97. The van der Waals surface area contributed by atoms with Gasteiger partial charge in [-0.25, -0.2) is 4.39 Å². The first-order valence-electron chi connectivity index (χ1n) is 6.86. The predicted octanol–water partition coefficient (Wildman–Crippen LogP) is 1.76. The molecule has 0 unspecified atom stereocenters. The molecular formula is C17H11FN4O2. The summed E-state index contributed by atoms with van der Waals surface area (Å²) in [6, 6.07) is 9.95. The van der Waals surface area contributed by atoms with Crippen molar-refractivity contribution in [2.45, 2.75) is 12.8 Å². The van der Waals surface area contributed by atoms with Gasteiger partial charge in [0, 0.05) is 29.7 Å². The number of aldehydes is 1. The van der Waals surface area contributed by atoms with Crippen LogP contribution in [0.2, 0.25) is 0 Å². The molecule has 0 bridgehead atoms. The van der Waals surface area contributed by atoms with Gasteiger partial charge in [-0.1, -0.05) is 0 Å². The van der Waals surface area contributed by atoms with Crippen LogP contribution < -0.4 is 5.73 Å². The molecule has 0 fully saturated rings. The number of ketones is 1. The van der Waals surface area contributed by atoms with E-state index in [4.69, 9.17) is 5.73 Å². The minimum Gasteiger partial charge on any atom is -0.400 e. The Labute approximate surface area is 137 Å². The largest absolute Gasteiger partial charge is 0.400 e. The van der Waals surface area contributed by atoms with Gasteiger partial charge in [0.25, 0.3) is 0 Å². The van der Waals surface area contributed by atoms with E-state index < -0.39 is 28.9 Å². The van der Waals surface area contributed by atoms with Crippen LogP contribution in [-0.4, -0.2) is 12.1 Å². The molecule has 1 aromatic carbocycles. The molecule has 0 spiro atoms. The minimum absolute atomic E-state index is 0.0356. The number of nitriles is 3. The van der Waals surface area contributed by atoms with Gasteiger partial charge < -0.3 is 5.73 Å². The van der Waals surface area contributed by atoms with E-state index in [9.17, 15) is 29.8 Å². The summed E-state index contributed by atoms with van der Waals surface area (Å²) in [5.41, 5.74) is 1.84. The van der Waals surface area contributed by atoms with E-state index in [1.54, 1.807) is 12.1 Å². The van der Waals surface area contributed by atoms with Crippen molar-refractivity contribution >= 4 is 12.1 Å². The van der Waals surface area contributed by atoms with Gasteiger partial charge in [-0.2, -0.15) is 15.8 Å². The fraction of sp³-hybridized carbons (Fsp3) is 0.235. The van der Waals surface area contributed by atoms with Gasteiger partial charge in [-0.05, 0) is 24.3 Å². The van der Waals surface area contributed by atoms with Crippen LogP contribution in [0.3, 0.4) is 0 Å². The summed E-state index contributed by atoms with van der Waals surface area (Å²) < 4.78 is 13.0. The van der Waals surface area contributed by atoms with Crippen LogP contribution in [0.15, 0.2) is 35.5 Å². The standard InChI is InChI=1S/C17H11FN4O2/c18-13-3-1-11(2-4-13)14(24)6-17(10-21)15(22)12(7-23)5-16(17,8-19)9-20/h1-4,7H,5-6,22H2/t17-/m0/s1. The molecule has 1 aliphatic rings. The summed E-state index contributed by atoms with van der Waals surface area (Å²) in [6.45, 7) is 0. The summed E-state index contributed by atoms with van der Waals surface area (Å²) in [5.74, 6) is -1.12. The Bertz CT molecular complexity index is 854. The number of carbonyl (C=O) groups is 2. The molecule has 0 amide bonds. The lowest BCUT2D eigenvalue weighted by Gasteiger charge is -2.31. The van der Waals surface area contributed by atoms with Crippen LogP contribution in [0, 0.1) is 50.6 Å². The molecular weight excluding hydrogens is 311 g/mol. The molecule has 0 radical (unpaired) electrons. The Kier molecular flexibility index (Phi) is 4.18. The second kappa shape index (κ2) is 5.95. The third-order valence-electron chi connectivity index (χ3n) is 4.30. The fourth-order valence-corrected chi connectivity index (χ4v) is 2.86. The molecule has 2 N–H and O–H groups in total. The summed E-state index contributed by atoms with van der Waals surface area (Å²) >= 11 is 0. The third kappa shape index (κ3) is 2.22. The molecule has 0 heterocycles. The van der Waals surface area contributed by atoms with Crippen LogP contribution in [0.25, 0.3) is 0 Å². The SMILES string of the molecule is N#CC1(C#N)CC(C=O)=C(N)[C@@]1(C#N)CC(=O)c1ccc(F)cc1. The third-order valence-corrected chi connectivity index (χ3v) is 4.30. The Hall–Kier alpha value is -3.50. The zero-order chi connectivity index (χ0) is 18.0. The van der Waals surface area contributed by atoms with Crippen LogP contribution in [0.5, 0.6) is 0 Å². The number of allylic oxidation sites excluding steroid dienone is 2. The van der Waals surface area contributed by atoms with E-state index in [0.29, 0.717) is 6.29 Å². The molecule has 1 aliphatic carbocycles. The van der Waals surface area contributed by atoms with Gasteiger partial charge in [-0.3, -0.25) is 9.59 Å². The van der Waals surface area contributed by atoms with Crippen molar-refractivity contribution in [3.05, 3.63) is 46.9 Å². The Balaban J connectivity index is 2.55. The van der Waals surface area contributed by atoms with Crippen LogP contribution in [0.1, 0.15) is 23.2 Å². The van der Waals surface area contributed by atoms with Crippen LogP contribution in [0.4, 0.5) is 4.39 Å². The van der Waals surface area contributed by atoms with Gasteiger partial charge in [0.2, 0.25) is 0 Å². The van der Waals surface area contributed by atoms with Gasteiger partial charge in [-0.15, -0.1) is 0 Å². The number of nitrogens with two attached hydrogens (primary N) is 1. The average Bonchev–Trinajstić information content (AvgIpc) is 2.84. The number of hydrogen-bond acceptors (Lipinski definition) is 6. The lowest BCUT2D eigenvalue weighted by Crippen LogP contribution is -2.41. The first kappa shape index (κ1) is 16.9. The Morgan fingerprint density at radius 1 is 1.21 bits per heavy atom. The maximum Gasteiger partial charge on any atom is 0.172 e. The van der Waals surface area contributed by atoms with Crippen LogP contribution >= 0.6 is 0 Å². The second-order valence-electron chi connectivity index (χ2n) is 5.49. The summed E-state index contributed by atoms with van der Waals surface area (Å²) in [4.78, 5) is 23.6. The number of nitrogens with zero attached hydrogens (tertiary/aromatic N) is 3. The summed E-state index contributed by atoms with van der Waals surface area (Å²) in [6.07, 6.45) is -0.487. The quantitative estimate of drug-likeness (QED) is 0.663. The highest BCUT2D eigenvalue weighted by Gasteiger charge is 2.61. The number of carbonyl (C=O) groups excluding carboxylic acids is 2. The van der Waals surface area contributed by atoms with Gasteiger partial charge in [0.05, 0.1) is 18.2 Å². The van der Waals surface area contributed by atoms with Crippen molar-refractivity contribution in [1.82, 2.24) is 0 Å². The van der Waals surface area contributed by atoms with E-state index in [2.05, 4.69) is 0 Å². The van der Waals surface area contributed by atoms with Gasteiger partial charge in [0.15, 0.2) is 11.2 Å². The van der Waals surface area contributed by atoms with Gasteiger partial charge in [0.1, 0.15) is 17.5 Å². The Morgan fingerprint density at radius 3 is 2.25 bits per heavy atom. The fourth-order valence-electron chi connectivity index (χ4n) is 2.86. The molecule has 6 nitrogen and oxygen atoms in total. The number of Topliss-reactive ketones (excluding diaryl/α,β-unsaturated/α-hetero) is 1. The normalized spacial score (nSPS) is 21.4. The van der Waals surface area contributed by atoms with Gasteiger partial charge >= 0.3 is 0 Å². The molecule has 2 rings (SSSR count). The van der Waals surface area contributed by atoms with Crippen molar-refractivity contribution in [1.29, 1.82) is 15.8 Å². The maximum absolute atomic E-state index is 13.0. The van der Waals surface area contributed by atoms with Crippen LogP contribution in [-0.2, 0) is 4.79 Å². The summed E-state index contributed by atoms with van der Waals surface area (Å²) in [5, 5.41) is 28.5. The lowest BCUT2D eigenvalue weighted by atomic mass is 9.63. The smallest absolute Gasteiger partial charge is 0.172 e. The molecule has 1 atom stereocenters. The minimum atomic E-state index is -1.93. The molecule has 24 heavy (non-hydrogen) atoms. The van der Waals surface area contributed by atoms with E-state index in [1.807, 2.05) is 6.07 Å². The van der Waals surface area contributed by atoms with E-state index in [0.717, 1.165) is 12.1 Å². The van der Waals surface area contributed by atoms with Crippen molar-refractivity contribution in [2.75, 3.05) is 0 Å². The van der Waals surface area contributed by atoms with E-state index in [1.165, 1.54) is 12.1 Å². The molecule has 0 saturated carbocycles. The highest BCUT2D eigenvalue weighted by atomic mass is 19.1. The zero-order valence-electron chi connectivity index (χ0n) is 12.4.